The summed E-state index contributed by atoms with van der Waals surface area (Å²) in [7, 11) is 0. The summed E-state index contributed by atoms with van der Waals surface area (Å²) in [6.45, 7) is 0. The summed E-state index contributed by atoms with van der Waals surface area (Å²) in [6, 6.07) is 7.60. The van der Waals surface area contributed by atoms with Crippen LogP contribution in [0, 0.1) is 17.5 Å². The molecule has 5 rings (SSSR count). The maximum Gasteiger partial charge on any atom is 0.306 e. The molecule has 0 aliphatic rings. The van der Waals surface area contributed by atoms with Gasteiger partial charge in [0.05, 0.1) is 21.4 Å². The molecule has 0 aliphatic heterocycles. The first kappa shape index (κ1) is 15.2. The number of imidazole rings is 1. The highest BCUT2D eigenvalue weighted by atomic mass is 32.1. The van der Waals surface area contributed by atoms with E-state index in [-0.39, 0.29) is 17.1 Å². The van der Waals surface area contributed by atoms with Crippen molar-refractivity contribution in [1.29, 1.82) is 0 Å². The number of rotatable bonds is 2. The molecule has 5 aromatic rings. The Morgan fingerprint density at radius 2 is 1.92 bits per heavy atom. The number of fused-ring (bicyclic) bond motifs is 2. The molecular formula is C18H8F3N3OS. The minimum absolute atomic E-state index is 0.137. The summed E-state index contributed by atoms with van der Waals surface area (Å²) in [6.07, 6.45) is 3.08. The number of oxazole rings is 1. The van der Waals surface area contributed by atoms with Crippen LogP contribution in [0.25, 0.3) is 38.6 Å². The number of benzene rings is 2. The van der Waals surface area contributed by atoms with E-state index in [1.807, 2.05) is 18.2 Å². The SMILES string of the molecule is Fc1ccc(-c2nc3occn3c2-c2ccc3ncsc3c2)c(F)c1F. The van der Waals surface area contributed by atoms with Gasteiger partial charge in [-0.1, -0.05) is 6.07 Å². The van der Waals surface area contributed by atoms with Gasteiger partial charge in [0.2, 0.25) is 0 Å². The van der Waals surface area contributed by atoms with Crippen molar-refractivity contribution in [2.75, 3.05) is 0 Å². The van der Waals surface area contributed by atoms with E-state index in [2.05, 4.69) is 9.97 Å². The summed E-state index contributed by atoms with van der Waals surface area (Å²) in [5.74, 6) is -3.84. The molecule has 0 N–H and O–H groups in total. The average molecular weight is 371 g/mol. The predicted octanol–water partition coefficient (Wildman–Crippen LogP) is 5.29. The van der Waals surface area contributed by atoms with Gasteiger partial charge in [-0.3, -0.25) is 4.40 Å². The molecule has 0 spiro atoms. The molecule has 0 aliphatic carbocycles. The third-order valence-corrected chi connectivity index (χ3v) is 4.95. The topological polar surface area (TPSA) is 43.3 Å². The predicted molar refractivity (Wildman–Crippen MR) is 91.4 cm³/mol. The van der Waals surface area contributed by atoms with Crippen LogP contribution >= 0.6 is 11.3 Å². The first-order valence-electron chi connectivity index (χ1n) is 7.56. The van der Waals surface area contributed by atoms with Crippen LogP contribution in [-0.2, 0) is 0 Å². The summed E-state index contributed by atoms with van der Waals surface area (Å²) < 4.78 is 49.3. The largest absolute Gasteiger partial charge is 0.432 e. The molecular weight excluding hydrogens is 363 g/mol. The smallest absolute Gasteiger partial charge is 0.306 e. The van der Waals surface area contributed by atoms with Gasteiger partial charge >= 0.3 is 5.84 Å². The molecule has 128 valence electrons. The van der Waals surface area contributed by atoms with Crippen molar-refractivity contribution in [3.05, 3.63) is 65.8 Å². The molecule has 0 saturated carbocycles. The van der Waals surface area contributed by atoms with Crippen molar-refractivity contribution in [3.63, 3.8) is 0 Å². The van der Waals surface area contributed by atoms with E-state index in [4.69, 9.17) is 4.42 Å². The minimum atomic E-state index is -1.53. The summed E-state index contributed by atoms with van der Waals surface area (Å²) in [5.41, 5.74) is 3.86. The fourth-order valence-electron chi connectivity index (χ4n) is 2.96. The maximum absolute atomic E-state index is 14.4. The van der Waals surface area contributed by atoms with E-state index in [0.717, 1.165) is 21.8 Å². The van der Waals surface area contributed by atoms with E-state index in [1.54, 1.807) is 16.1 Å². The zero-order valence-corrected chi connectivity index (χ0v) is 13.7. The van der Waals surface area contributed by atoms with Crippen LogP contribution in [0.3, 0.4) is 0 Å². The molecule has 0 radical (unpaired) electrons. The second kappa shape index (κ2) is 5.43. The standard InChI is InChI=1S/C18H8F3N3OS/c19-11-3-2-10(14(20)15(11)21)16-17(24-5-6-25-18(24)23-16)9-1-4-12-13(7-9)26-8-22-12/h1-8H. The van der Waals surface area contributed by atoms with Crippen LogP contribution in [-0.4, -0.2) is 14.4 Å². The molecule has 0 saturated heterocycles. The minimum Gasteiger partial charge on any atom is -0.432 e. The van der Waals surface area contributed by atoms with Gasteiger partial charge in [0.15, 0.2) is 17.5 Å². The summed E-state index contributed by atoms with van der Waals surface area (Å²) >= 11 is 1.47. The fourth-order valence-corrected chi connectivity index (χ4v) is 3.68. The van der Waals surface area contributed by atoms with Gasteiger partial charge < -0.3 is 4.42 Å². The third-order valence-electron chi connectivity index (χ3n) is 4.16. The van der Waals surface area contributed by atoms with Crippen LogP contribution in [0.2, 0.25) is 0 Å². The first-order chi connectivity index (χ1) is 12.6. The Kier molecular flexibility index (Phi) is 3.17. The molecule has 0 fully saturated rings. The molecule has 26 heavy (non-hydrogen) atoms. The first-order valence-corrected chi connectivity index (χ1v) is 8.44. The van der Waals surface area contributed by atoms with E-state index in [9.17, 15) is 13.2 Å². The van der Waals surface area contributed by atoms with E-state index < -0.39 is 17.5 Å². The average Bonchev–Trinajstić information content (AvgIpc) is 3.34. The van der Waals surface area contributed by atoms with Crippen LogP contribution in [0.1, 0.15) is 0 Å². The Labute approximate surface area is 148 Å². The highest BCUT2D eigenvalue weighted by Crippen LogP contribution is 2.36. The number of thiazole rings is 1. The summed E-state index contributed by atoms with van der Waals surface area (Å²) in [4.78, 5) is 8.51. The molecule has 2 aromatic carbocycles. The highest BCUT2D eigenvalue weighted by molar-refractivity contribution is 7.16. The lowest BCUT2D eigenvalue weighted by Gasteiger charge is -2.07. The highest BCUT2D eigenvalue weighted by Gasteiger charge is 2.23. The van der Waals surface area contributed by atoms with Crippen molar-refractivity contribution >= 4 is 27.4 Å². The number of hydrogen-bond donors (Lipinski definition) is 0. The van der Waals surface area contributed by atoms with Crippen LogP contribution in [0.5, 0.6) is 0 Å². The fraction of sp³-hybridized carbons (Fsp3) is 0. The van der Waals surface area contributed by atoms with Gasteiger partial charge in [-0.2, -0.15) is 4.98 Å². The molecule has 3 heterocycles. The summed E-state index contributed by atoms with van der Waals surface area (Å²) in [5, 5.41) is 0. The van der Waals surface area contributed by atoms with Crippen molar-refractivity contribution in [3.8, 4) is 22.5 Å². The van der Waals surface area contributed by atoms with Gasteiger partial charge in [0.1, 0.15) is 12.0 Å². The second-order valence-corrected chi connectivity index (χ2v) is 6.51. The number of aromatic nitrogens is 3. The number of halogens is 3. The zero-order valence-electron chi connectivity index (χ0n) is 12.9. The third kappa shape index (κ3) is 2.08. The Hall–Kier alpha value is -3.13. The van der Waals surface area contributed by atoms with Crippen LogP contribution < -0.4 is 0 Å². The molecule has 0 bridgehead atoms. The van der Waals surface area contributed by atoms with E-state index >= 15 is 0 Å². The van der Waals surface area contributed by atoms with Crippen LogP contribution in [0.15, 0.2) is 52.7 Å². The second-order valence-electron chi connectivity index (χ2n) is 5.62. The Balaban J connectivity index is 1.83. The lowest BCUT2D eigenvalue weighted by atomic mass is 10.0. The molecule has 8 heteroatoms. The van der Waals surface area contributed by atoms with Crippen molar-refractivity contribution in [2.24, 2.45) is 0 Å². The Morgan fingerprint density at radius 1 is 1.04 bits per heavy atom. The molecule has 0 atom stereocenters. The van der Waals surface area contributed by atoms with E-state index in [1.165, 1.54) is 23.7 Å². The number of hydrogen-bond acceptors (Lipinski definition) is 4. The lowest BCUT2D eigenvalue weighted by Crippen LogP contribution is -1.96. The Bertz CT molecular complexity index is 1290. The maximum atomic E-state index is 14.4. The normalized spacial score (nSPS) is 11.7. The zero-order chi connectivity index (χ0) is 17.8. The van der Waals surface area contributed by atoms with E-state index in [0.29, 0.717) is 5.69 Å². The monoisotopic (exact) mass is 371 g/mol. The van der Waals surface area contributed by atoms with Crippen molar-refractivity contribution in [2.45, 2.75) is 0 Å². The molecule has 0 unspecified atom stereocenters. The number of nitrogens with zero attached hydrogens (tertiary/aromatic N) is 3. The van der Waals surface area contributed by atoms with Gasteiger partial charge in [-0.25, -0.2) is 18.2 Å². The Morgan fingerprint density at radius 3 is 2.81 bits per heavy atom. The lowest BCUT2D eigenvalue weighted by molar-refractivity contribution is 0.449. The molecule has 3 aromatic heterocycles. The van der Waals surface area contributed by atoms with Gasteiger partial charge in [0.25, 0.3) is 0 Å². The quantitative estimate of drug-likeness (QED) is 0.396. The van der Waals surface area contributed by atoms with Gasteiger partial charge in [-0.05, 0) is 24.3 Å². The van der Waals surface area contributed by atoms with Crippen molar-refractivity contribution < 1.29 is 17.6 Å². The van der Waals surface area contributed by atoms with Gasteiger partial charge in [-0.15, -0.1) is 11.3 Å². The van der Waals surface area contributed by atoms with Crippen molar-refractivity contribution in [1.82, 2.24) is 14.4 Å². The van der Waals surface area contributed by atoms with Gasteiger partial charge in [0, 0.05) is 17.3 Å². The van der Waals surface area contributed by atoms with Crippen LogP contribution in [0.4, 0.5) is 13.2 Å². The molecule has 4 nitrogen and oxygen atoms in total. The molecule has 0 amide bonds.